The van der Waals surface area contributed by atoms with E-state index in [1.54, 1.807) is 6.08 Å². The van der Waals surface area contributed by atoms with E-state index in [1.165, 1.54) is 6.92 Å². The summed E-state index contributed by atoms with van der Waals surface area (Å²) in [6.07, 6.45) is 1.65. The van der Waals surface area contributed by atoms with Crippen molar-refractivity contribution in [3.8, 4) is 6.07 Å². The van der Waals surface area contributed by atoms with E-state index < -0.39 is 0 Å². The number of thiocarbonyl (C=S) groups is 1. The number of esters is 1. The number of nitriles is 1. The normalized spacial score (nSPS) is 10.8. The zero-order valence-corrected chi connectivity index (χ0v) is 12.5. The average Bonchev–Trinajstić information content (AvgIpc) is 2.35. The van der Waals surface area contributed by atoms with Crippen molar-refractivity contribution < 1.29 is 9.53 Å². The second-order valence-corrected chi connectivity index (χ2v) is 4.89. The minimum Gasteiger partial charge on any atom is -0.461 e. The van der Waals surface area contributed by atoms with E-state index >= 15 is 0 Å². The molecular formula is C15H16N2O2S. The Balaban J connectivity index is 3.21. The van der Waals surface area contributed by atoms with Gasteiger partial charge in [0.05, 0.1) is 5.57 Å². The van der Waals surface area contributed by atoms with Crippen LogP contribution in [-0.4, -0.2) is 11.0 Å². The van der Waals surface area contributed by atoms with E-state index in [1.807, 2.05) is 32.0 Å². The van der Waals surface area contributed by atoms with Crippen LogP contribution in [0.1, 0.15) is 29.2 Å². The third kappa shape index (κ3) is 4.18. The van der Waals surface area contributed by atoms with Crippen LogP contribution >= 0.6 is 12.2 Å². The quantitative estimate of drug-likeness (QED) is 0.399. The summed E-state index contributed by atoms with van der Waals surface area (Å²) in [5.74, 6) is -0.331. The predicted molar refractivity (Wildman–Crippen MR) is 81.8 cm³/mol. The molecule has 0 spiro atoms. The molecule has 0 saturated heterocycles. The molecule has 4 nitrogen and oxygen atoms in total. The summed E-state index contributed by atoms with van der Waals surface area (Å²) < 4.78 is 5.01. The Kier molecular flexibility index (Phi) is 5.42. The smallest absolute Gasteiger partial charge is 0.302 e. The van der Waals surface area contributed by atoms with Gasteiger partial charge in [-0.15, -0.1) is 0 Å². The highest BCUT2D eigenvalue weighted by Crippen LogP contribution is 2.19. The molecule has 0 saturated carbocycles. The van der Waals surface area contributed by atoms with E-state index in [0.29, 0.717) is 0 Å². The van der Waals surface area contributed by atoms with Crippen LogP contribution in [0.4, 0.5) is 0 Å². The van der Waals surface area contributed by atoms with Gasteiger partial charge in [-0.05, 0) is 48.2 Å². The molecule has 0 aliphatic heterocycles. The molecule has 0 aliphatic rings. The number of hydrogen-bond acceptors (Lipinski definition) is 4. The summed E-state index contributed by atoms with van der Waals surface area (Å²) in [7, 11) is 0. The highest BCUT2D eigenvalue weighted by atomic mass is 32.1. The van der Waals surface area contributed by atoms with Crippen LogP contribution in [0, 0.1) is 25.2 Å². The first-order valence-corrected chi connectivity index (χ1v) is 6.41. The molecule has 2 N–H and O–H groups in total. The molecule has 0 amide bonds. The molecule has 1 aromatic carbocycles. The zero-order valence-electron chi connectivity index (χ0n) is 11.7. The largest absolute Gasteiger partial charge is 0.461 e. The van der Waals surface area contributed by atoms with Gasteiger partial charge in [0, 0.05) is 6.92 Å². The van der Waals surface area contributed by atoms with E-state index in [2.05, 4.69) is 0 Å². The van der Waals surface area contributed by atoms with Gasteiger partial charge in [0.15, 0.2) is 0 Å². The Bertz CT molecular complexity index is 627. The van der Waals surface area contributed by atoms with Crippen LogP contribution < -0.4 is 5.73 Å². The molecule has 0 atom stereocenters. The van der Waals surface area contributed by atoms with Crippen molar-refractivity contribution >= 4 is 29.3 Å². The monoisotopic (exact) mass is 288 g/mol. The summed E-state index contributed by atoms with van der Waals surface area (Å²) in [6.45, 7) is 5.45. The summed E-state index contributed by atoms with van der Waals surface area (Å²) in [5, 5.41) is 8.99. The predicted octanol–water partition coefficient (Wildman–Crippen LogP) is 2.56. The van der Waals surface area contributed by atoms with Gasteiger partial charge in [0.2, 0.25) is 0 Å². The molecular weight excluding hydrogens is 272 g/mol. The molecule has 0 heterocycles. The SMILES string of the molecule is CC(=O)OCc1cc(/C=C(/C#N)C(N)=S)c(C)cc1C. The van der Waals surface area contributed by atoms with Crippen LogP contribution in [0.2, 0.25) is 0 Å². The molecule has 0 aromatic heterocycles. The van der Waals surface area contributed by atoms with Gasteiger partial charge in [-0.1, -0.05) is 18.3 Å². The number of nitrogens with two attached hydrogens (primary N) is 1. The van der Waals surface area contributed by atoms with Crippen LogP contribution in [0.3, 0.4) is 0 Å². The van der Waals surface area contributed by atoms with E-state index in [-0.39, 0.29) is 23.1 Å². The average molecular weight is 288 g/mol. The molecule has 1 aromatic rings. The van der Waals surface area contributed by atoms with E-state index in [9.17, 15) is 4.79 Å². The fraction of sp³-hybridized carbons (Fsp3) is 0.267. The van der Waals surface area contributed by atoms with E-state index in [0.717, 1.165) is 22.3 Å². The lowest BCUT2D eigenvalue weighted by Crippen LogP contribution is -2.10. The highest BCUT2D eigenvalue weighted by molar-refractivity contribution is 7.80. The topological polar surface area (TPSA) is 76.1 Å². The number of hydrogen-bond donors (Lipinski definition) is 1. The van der Waals surface area contributed by atoms with Crippen molar-refractivity contribution in [1.82, 2.24) is 0 Å². The van der Waals surface area contributed by atoms with Gasteiger partial charge in [-0.2, -0.15) is 5.26 Å². The number of nitrogens with zero attached hydrogens (tertiary/aromatic N) is 1. The maximum atomic E-state index is 10.9. The first-order valence-electron chi connectivity index (χ1n) is 6.00. The molecule has 0 bridgehead atoms. The fourth-order valence-corrected chi connectivity index (χ4v) is 1.83. The van der Waals surface area contributed by atoms with Gasteiger partial charge in [0.25, 0.3) is 0 Å². The minimum atomic E-state index is -0.331. The summed E-state index contributed by atoms with van der Waals surface area (Å²) >= 11 is 4.82. The second kappa shape index (κ2) is 6.83. The molecule has 1 rings (SSSR count). The lowest BCUT2D eigenvalue weighted by Gasteiger charge is -2.10. The maximum Gasteiger partial charge on any atom is 0.302 e. The van der Waals surface area contributed by atoms with Crippen LogP contribution in [0.15, 0.2) is 17.7 Å². The van der Waals surface area contributed by atoms with Gasteiger partial charge in [-0.3, -0.25) is 4.79 Å². The third-order valence-electron chi connectivity index (χ3n) is 2.84. The minimum absolute atomic E-state index is 0.0639. The number of carbonyl (C=O) groups is 1. The third-order valence-corrected chi connectivity index (χ3v) is 3.06. The Morgan fingerprint density at radius 1 is 1.45 bits per heavy atom. The number of ether oxygens (including phenoxy) is 1. The van der Waals surface area contributed by atoms with Crippen LogP contribution in [0.5, 0.6) is 0 Å². The highest BCUT2D eigenvalue weighted by Gasteiger charge is 2.07. The van der Waals surface area contributed by atoms with Crippen molar-refractivity contribution in [3.05, 3.63) is 40.0 Å². The van der Waals surface area contributed by atoms with Gasteiger partial charge < -0.3 is 10.5 Å². The summed E-state index contributed by atoms with van der Waals surface area (Å²) in [4.78, 5) is 10.9. The standard InChI is InChI=1S/C15H16N2O2S/c1-9-4-10(2)14(8-19-11(3)18)6-12(9)5-13(7-16)15(17)20/h4-6H,8H2,1-3H3,(H2,17,20)/b13-5-. The van der Waals surface area contributed by atoms with Crippen molar-refractivity contribution in [2.75, 3.05) is 0 Å². The maximum absolute atomic E-state index is 10.9. The van der Waals surface area contributed by atoms with Crippen LogP contribution in [0.25, 0.3) is 6.08 Å². The Morgan fingerprint density at radius 2 is 2.10 bits per heavy atom. The number of benzene rings is 1. The Labute approximate surface area is 123 Å². The molecule has 0 radical (unpaired) electrons. The molecule has 5 heteroatoms. The van der Waals surface area contributed by atoms with Crippen molar-refractivity contribution in [2.24, 2.45) is 5.73 Å². The Morgan fingerprint density at radius 3 is 2.60 bits per heavy atom. The zero-order chi connectivity index (χ0) is 15.3. The number of rotatable bonds is 4. The lowest BCUT2D eigenvalue weighted by atomic mass is 9.98. The number of aryl methyl sites for hydroxylation is 2. The molecule has 0 aliphatic carbocycles. The fourth-order valence-electron chi connectivity index (χ4n) is 1.72. The molecule has 0 unspecified atom stereocenters. The van der Waals surface area contributed by atoms with Crippen molar-refractivity contribution in [3.63, 3.8) is 0 Å². The molecule has 104 valence electrons. The van der Waals surface area contributed by atoms with E-state index in [4.69, 9.17) is 28.0 Å². The Hall–Kier alpha value is -2.19. The molecule has 0 fully saturated rings. The first-order chi connectivity index (χ1) is 9.35. The first kappa shape index (κ1) is 15.9. The summed E-state index contributed by atoms with van der Waals surface area (Å²) in [5.41, 5.74) is 9.48. The van der Waals surface area contributed by atoms with Gasteiger partial charge in [0.1, 0.15) is 17.7 Å². The molecule has 20 heavy (non-hydrogen) atoms. The summed E-state index contributed by atoms with van der Waals surface area (Å²) in [6, 6.07) is 5.82. The van der Waals surface area contributed by atoms with Gasteiger partial charge in [-0.25, -0.2) is 0 Å². The van der Waals surface area contributed by atoms with Crippen LogP contribution in [-0.2, 0) is 16.1 Å². The van der Waals surface area contributed by atoms with Gasteiger partial charge >= 0.3 is 5.97 Å². The lowest BCUT2D eigenvalue weighted by molar-refractivity contribution is -0.142. The van der Waals surface area contributed by atoms with Crippen molar-refractivity contribution in [1.29, 1.82) is 5.26 Å². The second-order valence-electron chi connectivity index (χ2n) is 4.45. The number of carbonyl (C=O) groups excluding carboxylic acids is 1. The van der Waals surface area contributed by atoms with Crippen molar-refractivity contribution in [2.45, 2.75) is 27.4 Å².